The van der Waals surface area contributed by atoms with Crippen molar-refractivity contribution in [2.24, 2.45) is 0 Å². The Kier molecular flexibility index (Phi) is 8.62. The molecule has 1 aliphatic heterocycles. The molecule has 11 heteroatoms. The molecule has 0 radical (unpaired) electrons. The molecule has 0 bridgehead atoms. The lowest BCUT2D eigenvalue weighted by Crippen LogP contribution is -2.45. The van der Waals surface area contributed by atoms with Gasteiger partial charge in [-0.3, -0.25) is 14.5 Å². The first-order chi connectivity index (χ1) is 21.0. The van der Waals surface area contributed by atoms with Crippen molar-refractivity contribution in [2.75, 3.05) is 18.2 Å². The molecular weight excluding hydrogens is 585 g/mol. The van der Waals surface area contributed by atoms with Crippen LogP contribution in [0.5, 0.6) is 5.75 Å². The predicted octanol–water partition coefficient (Wildman–Crippen LogP) is 6.10. The summed E-state index contributed by atoms with van der Waals surface area (Å²) in [5.41, 5.74) is 3.84. The van der Waals surface area contributed by atoms with E-state index < -0.39 is 17.5 Å². The van der Waals surface area contributed by atoms with E-state index in [4.69, 9.17) is 9.47 Å². The smallest absolute Gasteiger partial charge is 0.412 e. The van der Waals surface area contributed by atoms with E-state index in [1.54, 1.807) is 19.2 Å². The van der Waals surface area contributed by atoms with Gasteiger partial charge < -0.3 is 20.1 Å². The van der Waals surface area contributed by atoms with Crippen LogP contribution in [-0.4, -0.2) is 52.7 Å². The van der Waals surface area contributed by atoms with Crippen LogP contribution in [0.15, 0.2) is 84.2 Å². The first-order valence-electron chi connectivity index (χ1n) is 13.9. The summed E-state index contributed by atoms with van der Waals surface area (Å²) >= 11 is 2.80. The fourth-order valence-electron chi connectivity index (χ4n) is 4.69. The Labute approximate surface area is 257 Å². The Morgan fingerprint density at radius 2 is 1.72 bits per heavy atom. The molecule has 1 aliphatic carbocycles. The lowest BCUT2D eigenvalue weighted by atomic mass is 10.1. The molecule has 2 atom stereocenters. The van der Waals surface area contributed by atoms with Gasteiger partial charge in [0, 0.05) is 28.3 Å². The SMILES string of the molecule is COc1ccc(C2SC[C@@H](C(=O)Nc3nc(-c4ccc(C(=O)NC5CC5)cc4)cs3)N2C(=O)OCc2ccccc2)cc1. The van der Waals surface area contributed by atoms with Crippen LogP contribution in [0, 0.1) is 0 Å². The summed E-state index contributed by atoms with van der Waals surface area (Å²) in [7, 11) is 1.60. The second-order valence-electron chi connectivity index (χ2n) is 10.3. The Bertz CT molecular complexity index is 1590. The third kappa shape index (κ3) is 6.84. The van der Waals surface area contributed by atoms with Crippen LogP contribution in [0.1, 0.15) is 39.7 Å². The number of hydrogen-bond donors (Lipinski definition) is 2. The van der Waals surface area contributed by atoms with E-state index in [0.717, 1.165) is 29.5 Å². The minimum atomic E-state index is -0.767. The summed E-state index contributed by atoms with van der Waals surface area (Å²) in [6.45, 7) is 0.0986. The molecule has 0 spiro atoms. The number of rotatable bonds is 9. The predicted molar refractivity (Wildman–Crippen MR) is 167 cm³/mol. The van der Waals surface area contributed by atoms with Gasteiger partial charge in [0.05, 0.1) is 12.8 Å². The fraction of sp³-hybridized carbons (Fsp3) is 0.250. The average Bonchev–Trinajstić information content (AvgIpc) is 3.54. The van der Waals surface area contributed by atoms with Crippen molar-refractivity contribution in [3.63, 3.8) is 0 Å². The summed E-state index contributed by atoms with van der Waals surface area (Å²) < 4.78 is 11.0. The summed E-state index contributed by atoms with van der Waals surface area (Å²) in [6, 6.07) is 23.7. The van der Waals surface area contributed by atoms with Crippen molar-refractivity contribution in [1.29, 1.82) is 0 Å². The molecule has 6 rings (SSSR count). The van der Waals surface area contributed by atoms with Gasteiger partial charge in [-0.15, -0.1) is 23.1 Å². The summed E-state index contributed by atoms with van der Waals surface area (Å²) in [5.74, 6) is 0.684. The van der Waals surface area contributed by atoms with Crippen LogP contribution in [-0.2, 0) is 16.1 Å². The van der Waals surface area contributed by atoms with Crippen LogP contribution >= 0.6 is 23.1 Å². The highest BCUT2D eigenvalue weighted by Gasteiger charge is 2.43. The Morgan fingerprint density at radius 3 is 2.42 bits per heavy atom. The second kappa shape index (κ2) is 12.9. The maximum atomic E-state index is 13.6. The molecule has 1 saturated heterocycles. The zero-order valence-electron chi connectivity index (χ0n) is 23.4. The highest BCUT2D eigenvalue weighted by Crippen LogP contribution is 2.42. The molecular formula is C32H30N4O5S2. The third-order valence-electron chi connectivity index (χ3n) is 7.21. The van der Waals surface area contributed by atoms with Gasteiger partial charge in [-0.2, -0.15) is 0 Å². The number of ether oxygens (including phenoxy) is 2. The average molecular weight is 615 g/mol. The molecule has 9 nitrogen and oxygen atoms in total. The molecule has 1 unspecified atom stereocenters. The number of amides is 3. The molecule has 2 heterocycles. The van der Waals surface area contributed by atoms with Crippen molar-refractivity contribution in [1.82, 2.24) is 15.2 Å². The number of anilines is 1. The van der Waals surface area contributed by atoms with E-state index in [2.05, 4.69) is 15.6 Å². The number of carbonyl (C=O) groups is 3. The van der Waals surface area contributed by atoms with Gasteiger partial charge in [-0.25, -0.2) is 9.78 Å². The van der Waals surface area contributed by atoms with E-state index >= 15 is 0 Å². The standard InChI is InChI=1S/C32H30N4O5S2/c1-40-25-15-11-23(12-16-25)30-36(32(39)41-17-20-5-3-2-4-6-20)27(19-42-30)29(38)35-31-34-26(18-43-31)21-7-9-22(10-8-21)28(37)33-24-13-14-24/h2-12,15-16,18,24,27,30H,13-14,17,19H2,1H3,(H,33,37)(H,34,35,38)/t27-,30?/m0/s1. The van der Waals surface area contributed by atoms with Crippen LogP contribution in [0.2, 0.25) is 0 Å². The molecule has 43 heavy (non-hydrogen) atoms. The number of benzene rings is 3. The number of nitrogens with one attached hydrogen (secondary N) is 2. The van der Waals surface area contributed by atoms with Crippen LogP contribution < -0.4 is 15.4 Å². The van der Waals surface area contributed by atoms with Gasteiger partial charge in [0.25, 0.3) is 5.91 Å². The normalized spacial score (nSPS) is 17.7. The molecule has 3 amide bonds. The summed E-state index contributed by atoms with van der Waals surface area (Å²) in [6.07, 6.45) is 1.50. The van der Waals surface area contributed by atoms with E-state index in [-0.39, 0.29) is 18.4 Å². The van der Waals surface area contributed by atoms with Gasteiger partial charge in [-0.1, -0.05) is 54.6 Å². The summed E-state index contributed by atoms with van der Waals surface area (Å²) in [4.78, 5) is 45.4. The maximum Gasteiger partial charge on any atom is 0.412 e. The van der Waals surface area contributed by atoms with Gasteiger partial charge in [0.15, 0.2) is 5.13 Å². The number of thioether (sulfide) groups is 1. The fourth-order valence-corrected chi connectivity index (χ4v) is 6.83. The van der Waals surface area contributed by atoms with Crippen LogP contribution in [0.3, 0.4) is 0 Å². The number of aromatic nitrogens is 1. The molecule has 220 valence electrons. The van der Waals surface area contributed by atoms with Crippen LogP contribution in [0.4, 0.5) is 9.93 Å². The molecule has 2 fully saturated rings. The minimum absolute atomic E-state index is 0.0745. The van der Waals surface area contributed by atoms with Crippen molar-refractivity contribution >= 4 is 46.1 Å². The topological polar surface area (TPSA) is 110 Å². The Balaban J connectivity index is 1.15. The molecule has 1 saturated carbocycles. The zero-order chi connectivity index (χ0) is 29.8. The number of carbonyl (C=O) groups excluding carboxylic acids is 3. The first kappa shape index (κ1) is 28.8. The third-order valence-corrected chi connectivity index (χ3v) is 9.29. The molecule has 1 aromatic heterocycles. The Morgan fingerprint density at radius 1 is 0.977 bits per heavy atom. The number of nitrogens with zero attached hydrogens (tertiary/aromatic N) is 2. The quantitative estimate of drug-likeness (QED) is 0.234. The first-order valence-corrected chi connectivity index (χ1v) is 15.8. The molecule has 2 aliphatic rings. The number of methoxy groups -OCH3 is 1. The maximum absolute atomic E-state index is 13.6. The highest BCUT2D eigenvalue weighted by atomic mass is 32.2. The second-order valence-corrected chi connectivity index (χ2v) is 12.2. The van der Waals surface area contributed by atoms with E-state index in [9.17, 15) is 14.4 Å². The molecule has 2 N–H and O–H groups in total. The highest BCUT2D eigenvalue weighted by molar-refractivity contribution is 7.99. The van der Waals surface area contributed by atoms with Crippen LogP contribution in [0.25, 0.3) is 11.3 Å². The monoisotopic (exact) mass is 614 g/mol. The van der Waals surface area contributed by atoms with Crippen molar-refractivity contribution in [3.05, 3.63) is 101 Å². The minimum Gasteiger partial charge on any atom is -0.497 e. The van der Waals surface area contributed by atoms with Crippen molar-refractivity contribution in [2.45, 2.75) is 36.9 Å². The number of thiazole rings is 1. The number of hydrogen-bond acceptors (Lipinski definition) is 8. The van der Waals surface area contributed by atoms with Crippen molar-refractivity contribution in [3.8, 4) is 17.0 Å². The Hall–Kier alpha value is -4.35. The van der Waals surface area contributed by atoms with Gasteiger partial charge in [-0.05, 0) is 48.2 Å². The lowest BCUT2D eigenvalue weighted by molar-refractivity contribution is -0.120. The zero-order valence-corrected chi connectivity index (χ0v) is 25.0. The van der Waals surface area contributed by atoms with E-state index in [1.807, 2.05) is 72.1 Å². The van der Waals surface area contributed by atoms with Gasteiger partial charge in [0.1, 0.15) is 23.8 Å². The molecule has 4 aromatic rings. The van der Waals surface area contributed by atoms with E-state index in [1.165, 1.54) is 28.0 Å². The largest absolute Gasteiger partial charge is 0.497 e. The van der Waals surface area contributed by atoms with E-state index in [0.29, 0.717) is 33.9 Å². The molecule has 3 aromatic carbocycles. The van der Waals surface area contributed by atoms with Crippen molar-refractivity contribution < 1.29 is 23.9 Å². The summed E-state index contributed by atoms with van der Waals surface area (Å²) in [5, 5.41) is 7.75. The van der Waals surface area contributed by atoms with Gasteiger partial charge >= 0.3 is 6.09 Å². The lowest BCUT2D eigenvalue weighted by Gasteiger charge is -2.28. The van der Waals surface area contributed by atoms with Gasteiger partial charge in [0.2, 0.25) is 5.91 Å².